The van der Waals surface area contributed by atoms with Gasteiger partial charge in [-0.25, -0.2) is 0 Å². The van der Waals surface area contributed by atoms with E-state index in [1.165, 1.54) is 0 Å². The lowest BCUT2D eigenvalue weighted by molar-refractivity contribution is -0.129. The third-order valence-corrected chi connectivity index (χ3v) is 3.25. The fraction of sp³-hybridized carbons (Fsp3) is 0.438. The molecule has 3 nitrogen and oxygen atoms in total. The largest absolute Gasteiger partial charge is 0.396 e. The number of carbonyl (C=O) groups is 1. The van der Waals surface area contributed by atoms with E-state index < -0.39 is 0 Å². The molecule has 3 heteroatoms. The van der Waals surface area contributed by atoms with Crippen LogP contribution in [0.25, 0.3) is 0 Å². The molecule has 0 bridgehead atoms. The number of nitrogens with zero attached hydrogens (tertiary/aromatic N) is 1. The minimum Gasteiger partial charge on any atom is -0.396 e. The molecule has 1 aliphatic rings. The van der Waals surface area contributed by atoms with Gasteiger partial charge in [0.2, 0.25) is 5.91 Å². The monoisotopic (exact) mass is 261 g/mol. The topological polar surface area (TPSA) is 40.5 Å². The zero-order valence-corrected chi connectivity index (χ0v) is 11.7. The van der Waals surface area contributed by atoms with E-state index >= 15 is 0 Å². The molecule has 0 aliphatic carbocycles. The second kappa shape index (κ2) is 7.74. The molecule has 2 atom stereocenters. The van der Waals surface area contributed by atoms with Crippen molar-refractivity contribution in [3.8, 4) is 0 Å². The first-order valence-corrected chi connectivity index (χ1v) is 6.66. The molecule has 1 heterocycles. The maximum atomic E-state index is 11.8. The first kappa shape index (κ1) is 15.4. The van der Waals surface area contributed by atoms with Gasteiger partial charge in [-0.05, 0) is 19.4 Å². The Balaban J connectivity index is 0.000000550. The van der Waals surface area contributed by atoms with Crippen LogP contribution in [-0.4, -0.2) is 29.1 Å². The summed E-state index contributed by atoms with van der Waals surface area (Å²) in [6.45, 7) is 8.06. The average Bonchev–Trinajstić information content (AvgIpc) is 2.81. The molecule has 0 radical (unpaired) electrons. The van der Waals surface area contributed by atoms with Gasteiger partial charge in [0, 0.05) is 25.5 Å². The summed E-state index contributed by atoms with van der Waals surface area (Å²) in [5.74, 6) is 0.258. The van der Waals surface area contributed by atoms with Crippen LogP contribution in [0.5, 0.6) is 0 Å². The van der Waals surface area contributed by atoms with E-state index in [9.17, 15) is 4.79 Å². The molecule has 1 aliphatic heterocycles. The Morgan fingerprint density at radius 3 is 2.53 bits per heavy atom. The van der Waals surface area contributed by atoms with Gasteiger partial charge in [0.15, 0.2) is 0 Å². The molecule has 1 saturated heterocycles. The Kier molecular flexibility index (Phi) is 6.30. The minimum absolute atomic E-state index is 0.101. The minimum atomic E-state index is 0.101. The van der Waals surface area contributed by atoms with E-state index in [1.807, 2.05) is 49.1 Å². The lowest BCUT2D eigenvalue weighted by Crippen LogP contribution is -2.28. The van der Waals surface area contributed by atoms with Crippen molar-refractivity contribution in [3.63, 3.8) is 0 Å². The normalized spacial score (nSPS) is 19.6. The number of aliphatic hydroxyl groups excluding tert-OH is 1. The van der Waals surface area contributed by atoms with Crippen LogP contribution in [0.1, 0.15) is 31.9 Å². The molecule has 2 unspecified atom stereocenters. The zero-order valence-electron chi connectivity index (χ0n) is 11.7. The molecule has 0 saturated carbocycles. The number of hydrogen-bond donors (Lipinski definition) is 1. The van der Waals surface area contributed by atoms with Crippen molar-refractivity contribution in [2.45, 2.75) is 26.3 Å². The summed E-state index contributed by atoms with van der Waals surface area (Å²) in [5.41, 5.74) is 1.15. The van der Waals surface area contributed by atoms with Crippen LogP contribution in [-0.2, 0) is 4.79 Å². The van der Waals surface area contributed by atoms with Gasteiger partial charge in [-0.15, -0.1) is 6.58 Å². The van der Waals surface area contributed by atoms with Gasteiger partial charge in [0.1, 0.15) is 0 Å². The molecule has 2 rings (SSSR count). The molecule has 104 valence electrons. The summed E-state index contributed by atoms with van der Waals surface area (Å²) in [5, 5.41) is 9.08. The van der Waals surface area contributed by atoms with Gasteiger partial charge in [0.05, 0.1) is 6.04 Å². The van der Waals surface area contributed by atoms with Gasteiger partial charge >= 0.3 is 0 Å². The Morgan fingerprint density at radius 1 is 1.47 bits per heavy atom. The number of amides is 1. The standard InChI is InChI=1S/C13H17NO2.C3H6/c1-10(12-5-3-2-4-6-12)14-8-11(9-15)7-13(14)16;1-3-2/h2-6,10-11,15H,7-9H2,1H3;3H,1H2,2H3. The summed E-state index contributed by atoms with van der Waals surface area (Å²) >= 11 is 0. The molecule has 0 aromatic heterocycles. The highest BCUT2D eigenvalue weighted by Gasteiger charge is 2.32. The Labute approximate surface area is 115 Å². The molecular weight excluding hydrogens is 238 g/mol. The maximum Gasteiger partial charge on any atom is 0.223 e. The van der Waals surface area contributed by atoms with Gasteiger partial charge in [-0.2, -0.15) is 0 Å². The SMILES string of the molecule is C=CC.CC(c1ccccc1)N1CC(CO)CC1=O. The molecule has 1 amide bonds. The van der Waals surface area contributed by atoms with Crippen LogP contribution in [0.3, 0.4) is 0 Å². The average molecular weight is 261 g/mol. The van der Waals surface area contributed by atoms with Crippen molar-refractivity contribution in [1.29, 1.82) is 0 Å². The van der Waals surface area contributed by atoms with E-state index in [1.54, 1.807) is 6.08 Å². The summed E-state index contributed by atoms with van der Waals surface area (Å²) in [6.07, 6.45) is 2.23. The highest BCUT2D eigenvalue weighted by atomic mass is 16.3. The zero-order chi connectivity index (χ0) is 14.3. The smallest absolute Gasteiger partial charge is 0.223 e. The Morgan fingerprint density at radius 2 is 2.05 bits per heavy atom. The highest BCUT2D eigenvalue weighted by molar-refractivity contribution is 5.79. The summed E-state index contributed by atoms with van der Waals surface area (Å²) in [6, 6.07) is 10.1. The first-order valence-electron chi connectivity index (χ1n) is 6.66. The van der Waals surface area contributed by atoms with E-state index in [2.05, 4.69) is 6.58 Å². The predicted octanol–water partition coefficient (Wildman–Crippen LogP) is 2.78. The van der Waals surface area contributed by atoms with Crippen LogP contribution in [0, 0.1) is 5.92 Å². The van der Waals surface area contributed by atoms with Gasteiger partial charge < -0.3 is 10.0 Å². The third-order valence-electron chi connectivity index (χ3n) is 3.25. The Hall–Kier alpha value is -1.61. The Bertz CT molecular complexity index is 402. The highest BCUT2D eigenvalue weighted by Crippen LogP contribution is 2.27. The van der Waals surface area contributed by atoms with Crippen molar-refractivity contribution in [1.82, 2.24) is 4.90 Å². The van der Waals surface area contributed by atoms with E-state index in [0.29, 0.717) is 13.0 Å². The van der Waals surface area contributed by atoms with Crippen molar-refractivity contribution in [2.24, 2.45) is 5.92 Å². The lowest BCUT2D eigenvalue weighted by Gasteiger charge is -2.25. The molecule has 1 aromatic rings. The van der Waals surface area contributed by atoms with Crippen molar-refractivity contribution >= 4 is 5.91 Å². The number of allylic oxidation sites excluding steroid dienone is 1. The first-order chi connectivity index (χ1) is 9.13. The second-order valence-corrected chi connectivity index (χ2v) is 4.79. The number of hydrogen-bond acceptors (Lipinski definition) is 2. The molecule has 0 spiro atoms. The number of benzene rings is 1. The number of rotatable bonds is 3. The number of aliphatic hydroxyl groups is 1. The van der Waals surface area contributed by atoms with E-state index in [4.69, 9.17) is 5.11 Å². The molecule has 1 fully saturated rings. The van der Waals surface area contributed by atoms with Crippen LogP contribution in [0.4, 0.5) is 0 Å². The summed E-state index contributed by atoms with van der Waals surface area (Å²) < 4.78 is 0. The van der Waals surface area contributed by atoms with Gasteiger partial charge in [0.25, 0.3) is 0 Å². The van der Waals surface area contributed by atoms with Gasteiger partial charge in [-0.3, -0.25) is 4.79 Å². The van der Waals surface area contributed by atoms with Crippen LogP contribution in [0.15, 0.2) is 43.0 Å². The third kappa shape index (κ3) is 4.21. The summed E-state index contributed by atoms with van der Waals surface area (Å²) in [7, 11) is 0. The summed E-state index contributed by atoms with van der Waals surface area (Å²) in [4.78, 5) is 13.6. The maximum absolute atomic E-state index is 11.8. The van der Waals surface area contributed by atoms with Crippen LogP contribution < -0.4 is 0 Å². The molecular formula is C16H23NO2. The quantitative estimate of drug-likeness (QED) is 0.850. The predicted molar refractivity (Wildman–Crippen MR) is 77.6 cm³/mol. The molecule has 19 heavy (non-hydrogen) atoms. The van der Waals surface area contributed by atoms with Crippen LogP contribution >= 0.6 is 0 Å². The van der Waals surface area contributed by atoms with Crippen molar-refractivity contribution in [3.05, 3.63) is 48.6 Å². The van der Waals surface area contributed by atoms with E-state index in [0.717, 1.165) is 5.56 Å². The lowest BCUT2D eigenvalue weighted by atomic mass is 10.1. The fourth-order valence-corrected chi connectivity index (χ4v) is 2.22. The number of carbonyl (C=O) groups excluding carboxylic acids is 1. The second-order valence-electron chi connectivity index (χ2n) is 4.79. The molecule has 1 aromatic carbocycles. The van der Waals surface area contributed by atoms with E-state index in [-0.39, 0.29) is 24.5 Å². The molecule has 1 N–H and O–H groups in total. The van der Waals surface area contributed by atoms with Crippen LogP contribution in [0.2, 0.25) is 0 Å². The fourth-order valence-electron chi connectivity index (χ4n) is 2.22. The number of likely N-dealkylation sites (tertiary alicyclic amines) is 1. The van der Waals surface area contributed by atoms with Crippen molar-refractivity contribution < 1.29 is 9.90 Å². The van der Waals surface area contributed by atoms with Gasteiger partial charge in [-0.1, -0.05) is 36.4 Å². The van der Waals surface area contributed by atoms with Crippen molar-refractivity contribution in [2.75, 3.05) is 13.2 Å².